The molecule has 0 atom stereocenters. The first-order chi connectivity index (χ1) is 14.1. The van der Waals surface area contributed by atoms with Crippen LogP contribution in [0, 0.1) is 6.92 Å². The van der Waals surface area contributed by atoms with Gasteiger partial charge in [0.15, 0.2) is 0 Å². The molecule has 3 aromatic rings. The van der Waals surface area contributed by atoms with Gasteiger partial charge in [-0.25, -0.2) is 9.97 Å². The summed E-state index contributed by atoms with van der Waals surface area (Å²) in [5, 5.41) is 2.91. The summed E-state index contributed by atoms with van der Waals surface area (Å²) in [6.07, 6.45) is 4.66. The van der Waals surface area contributed by atoms with Crippen molar-refractivity contribution in [3.8, 4) is 11.8 Å². The van der Waals surface area contributed by atoms with Crippen LogP contribution in [0.2, 0.25) is 0 Å². The molecule has 0 saturated carbocycles. The minimum absolute atomic E-state index is 0.126. The number of amides is 2. The van der Waals surface area contributed by atoms with Crippen molar-refractivity contribution in [1.82, 2.24) is 9.97 Å². The van der Waals surface area contributed by atoms with Crippen molar-refractivity contribution in [2.75, 3.05) is 16.8 Å². The minimum Gasteiger partial charge on any atom is -0.424 e. The zero-order chi connectivity index (χ0) is 20.2. The second-order valence-corrected chi connectivity index (χ2v) is 6.76. The molecule has 0 unspecified atom stereocenters. The van der Waals surface area contributed by atoms with Gasteiger partial charge in [-0.2, -0.15) is 0 Å². The lowest BCUT2D eigenvalue weighted by Crippen LogP contribution is -2.23. The molecule has 1 fully saturated rings. The number of aromatic nitrogens is 2. The van der Waals surface area contributed by atoms with Crippen LogP contribution in [0.1, 0.15) is 28.8 Å². The van der Waals surface area contributed by atoms with E-state index in [-0.39, 0.29) is 17.8 Å². The Bertz CT molecular complexity index is 1040. The first-order valence-electron chi connectivity index (χ1n) is 9.37. The van der Waals surface area contributed by atoms with Crippen LogP contribution in [-0.2, 0) is 4.79 Å². The molecule has 4 rings (SSSR count). The van der Waals surface area contributed by atoms with Crippen molar-refractivity contribution in [3.63, 3.8) is 0 Å². The second-order valence-electron chi connectivity index (χ2n) is 6.76. The van der Waals surface area contributed by atoms with Gasteiger partial charge in [0.05, 0.1) is 0 Å². The van der Waals surface area contributed by atoms with Crippen molar-refractivity contribution in [2.24, 2.45) is 0 Å². The van der Waals surface area contributed by atoms with Gasteiger partial charge in [-0.3, -0.25) is 9.59 Å². The Morgan fingerprint density at radius 1 is 1.10 bits per heavy atom. The van der Waals surface area contributed by atoms with E-state index in [0.717, 1.165) is 24.2 Å². The zero-order valence-electron chi connectivity index (χ0n) is 16.0. The summed E-state index contributed by atoms with van der Waals surface area (Å²) < 4.78 is 5.61. The quantitative estimate of drug-likeness (QED) is 0.715. The minimum atomic E-state index is -0.215. The summed E-state index contributed by atoms with van der Waals surface area (Å²) in [7, 11) is 0. The second kappa shape index (κ2) is 8.10. The topological polar surface area (TPSA) is 84.4 Å². The van der Waals surface area contributed by atoms with E-state index in [2.05, 4.69) is 15.3 Å². The third kappa shape index (κ3) is 4.24. The number of carbonyl (C=O) groups is 2. The van der Waals surface area contributed by atoms with E-state index in [0.29, 0.717) is 23.4 Å². The van der Waals surface area contributed by atoms with Crippen LogP contribution in [0.5, 0.6) is 11.8 Å². The van der Waals surface area contributed by atoms with E-state index >= 15 is 0 Å². The summed E-state index contributed by atoms with van der Waals surface area (Å²) in [5.41, 5.74) is 2.89. The Morgan fingerprint density at radius 2 is 1.86 bits per heavy atom. The van der Waals surface area contributed by atoms with Crippen LogP contribution in [-0.4, -0.2) is 28.3 Å². The van der Waals surface area contributed by atoms with Crippen LogP contribution < -0.4 is 15.0 Å². The molecular formula is C22H20N4O3. The number of carbonyl (C=O) groups excluding carboxylic acids is 2. The highest BCUT2D eigenvalue weighted by Crippen LogP contribution is 2.25. The number of nitrogens with zero attached hydrogens (tertiary/aromatic N) is 3. The summed E-state index contributed by atoms with van der Waals surface area (Å²) in [6.45, 7) is 2.61. The fourth-order valence-electron chi connectivity index (χ4n) is 3.19. The van der Waals surface area contributed by atoms with E-state index in [1.54, 1.807) is 47.6 Å². The molecule has 7 heteroatoms. The normalized spacial score (nSPS) is 13.4. The standard InChI is InChI=1S/C22H20N4O3/c1-15-14-18(29-22-23-11-3-12-24-22)9-10-19(15)25-21(28)16-5-7-17(8-6-16)26-13-2-4-20(26)27/h3,5-12,14H,2,4,13H2,1H3,(H,25,28). The number of ether oxygens (including phenoxy) is 1. The molecule has 1 saturated heterocycles. The van der Waals surface area contributed by atoms with Crippen molar-refractivity contribution in [2.45, 2.75) is 19.8 Å². The highest BCUT2D eigenvalue weighted by molar-refractivity contribution is 6.05. The molecule has 0 spiro atoms. The van der Waals surface area contributed by atoms with Gasteiger partial charge < -0.3 is 15.0 Å². The zero-order valence-corrected chi connectivity index (χ0v) is 16.0. The number of hydrogen-bond acceptors (Lipinski definition) is 5. The first-order valence-corrected chi connectivity index (χ1v) is 9.37. The Labute approximate surface area is 168 Å². The third-order valence-corrected chi connectivity index (χ3v) is 4.71. The van der Waals surface area contributed by atoms with Gasteiger partial charge in [0.25, 0.3) is 5.91 Å². The SMILES string of the molecule is Cc1cc(Oc2ncccn2)ccc1NC(=O)c1ccc(N2CCCC2=O)cc1. The molecule has 0 radical (unpaired) electrons. The van der Waals surface area contributed by atoms with Gasteiger partial charge >= 0.3 is 6.01 Å². The fourth-order valence-corrected chi connectivity index (χ4v) is 3.19. The van der Waals surface area contributed by atoms with E-state index in [1.165, 1.54) is 0 Å². The van der Waals surface area contributed by atoms with Crippen LogP contribution in [0.3, 0.4) is 0 Å². The largest absolute Gasteiger partial charge is 0.424 e. The Balaban J connectivity index is 1.43. The average molecular weight is 388 g/mol. The fraction of sp³-hybridized carbons (Fsp3) is 0.182. The molecule has 1 aliphatic heterocycles. The molecule has 1 N–H and O–H groups in total. The Morgan fingerprint density at radius 3 is 2.52 bits per heavy atom. The number of anilines is 2. The van der Waals surface area contributed by atoms with Gasteiger partial charge in [0.1, 0.15) is 5.75 Å². The van der Waals surface area contributed by atoms with Crippen molar-refractivity contribution >= 4 is 23.2 Å². The van der Waals surface area contributed by atoms with Gasteiger partial charge in [-0.15, -0.1) is 0 Å². The predicted octanol–water partition coefficient (Wildman–Crippen LogP) is 3.96. The van der Waals surface area contributed by atoms with Gasteiger partial charge in [0.2, 0.25) is 5.91 Å². The molecule has 0 aliphatic carbocycles. The van der Waals surface area contributed by atoms with Crippen LogP contribution in [0.15, 0.2) is 60.9 Å². The lowest BCUT2D eigenvalue weighted by atomic mass is 10.1. The highest BCUT2D eigenvalue weighted by Gasteiger charge is 2.21. The van der Waals surface area contributed by atoms with Gasteiger partial charge in [-0.1, -0.05) is 0 Å². The molecule has 2 aromatic carbocycles. The van der Waals surface area contributed by atoms with E-state index in [4.69, 9.17) is 4.74 Å². The summed E-state index contributed by atoms with van der Waals surface area (Å²) in [4.78, 5) is 34.2. The summed E-state index contributed by atoms with van der Waals surface area (Å²) >= 11 is 0. The van der Waals surface area contributed by atoms with Crippen LogP contribution in [0.4, 0.5) is 11.4 Å². The van der Waals surface area contributed by atoms with Gasteiger partial charge in [-0.05, 0) is 67.4 Å². The predicted molar refractivity (Wildman–Crippen MR) is 109 cm³/mol. The van der Waals surface area contributed by atoms with Crippen LogP contribution >= 0.6 is 0 Å². The smallest absolute Gasteiger partial charge is 0.321 e. The molecule has 29 heavy (non-hydrogen) atoms. The van der Waals surface area contributed by atoms with Crippen LogP contribution in [0.25, 0.3) is 0 Å². The van der Waals surface area contributed by atoms with Crippen molar-refractivity contribution in [3.05, 3.63) is 72.1 Å². The maximum Gasteiger partial charge on any atom is 0.321 e. The lowest BCUT2D eigenvalue weighted by Gasteiger charge is -2.16. The lowest BCUT2D eigenvalue weighted by molar-refractivity contribution is -0.117. The van der Waals surface area contributed by atoms with Gasteiger partial charge in [0, 0.05) is 42.3 Å². The Hall–Kier alpha value is -3.74. The average Bonchev–Trinajstić information content (AvgIpc) is 3.17. The highest BCUT2D eigenvalue weighted by atomic mass is 16.5. The third-order valence-electron chi connectivity index (χ3n) is 4.71. The number of nitrogens with one attached hydrogen (secondary N) is 1. The number of benzene rings is 2. The molecule has 0 bridgehead atoms. The molecule has 2 amide bonds. The number of hydrogen-bond donors (Lipinski definition) is 1. The maximum atomic E-state index is 12.6. The van der Waals surface area contributed by atoms with Crippen molar-refractivity contribution in [1.29, 1.82) is 0 Å². The molecule has 1 aliphatic rings. The molecule has 1 aromatic heterocycles. The number of rotatable bonds is 5. The van der Waals surface area contributed by atoms with E-state index < -0.39 is 0 Å². The molecule has 2 heterocycles. The number of aryl methyl sites for hydroxylation is 1. The molecule has 7 nitrogen and oxygen atoms in total. The van der Waals surface area contributed by atoms with Crippen molar-refractivity contribution < 1.29 is 14.3 Å². The molecule has 146 valence electrons. The molecular weight excluding hydrogens is 368 g/mol. The summed E-state index contributed by atoms with van der Waals surface area (Å²) in [5.74, 6) is 0.500. The summed E-state index contributed by atoms with van der Waals surface area (Å²) in [6, 6.07) is 14.4. The monoisotopic (exact) mass is 388 g/mol. The Kier molecular flexibility index (Phi) is 5.20. The van der Waals surface area contributed by atoms with E-state index in [9.17, 15) is 9.59 Å². The maximum absolute atomic E-state index is 12.6. The van der Waals surface area contributed by atoms with E-state index in [1.807, 2.05) is 25.1 Å². The first kappa shape index (κ1) is 18.6.